The molecule has 0 aromatic rings. The van der Waals surface area contributed by atoms with Crippen LogP contribution in [-0.4, -0.2) is 26.7 Å². The highest BCUT2D eigenvalue weighted by Crippen LogP contribution is 2.35. The lowest BCUT2D eigenvalue weighted by Crippen LogP contribution is -2.28. The first kappa shape index (κ1) is 10.5. The smallest absolute Gasteiger partial charge is 0.233 e. The highest BCUT2D eigenvalue weighted by Gasteiger charge is 2.39. The van der Waals surface area contributed by atoms with Gasteiger partial charge < -0.3 is 0 Å². The van der Waals surface area contributed by atoms with Gasteiger partial charge in [-0.3, -0.25) is 0 Å². The van der Waals surface area contributed by atoms with Crippen LogP contribution in [0.3, 0.4) is 0 Å². The predicted octanol–water partition coefficient (Wildman–Crippen LogP) is 0.418. The van der Waals surface area contributed by atoms with Crippen molar-refractivity contribution in [2.45, 2.75) is 26.8 Å². The summed E-state index contributed by atoms with van der Waals surface area (Å²) in [5, 5.41) is 0. The Morgan fingerprint density at radius 1 is 1.54 bits per heavy atom. The maximum Gasteiger partial charge on any atom is 0.233 e. The van der Waals surface area contributed by atoms with Crippen molar-refractivity contribution in [2.75, 3.05) is 0 Å². The molecule has 13 heavy (non-hydrogen) atoms. The molecule has 0 spiro atoms. The lowest BCUT2D eigenvalue weighted by molar-refractivity contribution is 0.534. The minimum absolute atomic E-state index is 0.116. The second-order valence-electron chi connectivity index (χ2n) is 3.55. The van der Waals surface area contributed by atoms with Crippen molar-refractivity contribution >= 4 is 18.0 Å². The van der Waals surface area contributed by atoms with Gasteiger partial charge in [0.25, 0.3) is 0 Å². The van der Waals surface area contributed by atoms with E-state index in [2.05, 4.69) is 6.58 Å². The summed E-state index contributed by atoms with van der Waals surface area (Å²) in [7, 11) is -1.67. The minimum atomic E-state index is -3.25. The molecule has 1 saturated heterocycles. The fraction of sp³-hybridized carbons (Fsp3) is 0.500. The average Bonchev–Trinajstić information content (AvgIpc) is 2.12. The van der Waals surface area contributed by atoms with Gasteiger partial charge in [-0.05, 0) is 26.3 Å². The molecule has 1 aliphatic rings. The molecule has 1 unspecified atom stereocenters. The molecule has 0 aromatic heterocycles. The van der Waals surface area contributed by atoms with Crippen LogP contribution in [0, 0.1) is 0 Å². The third-order valence-corrected chi connectivity index (χ3v) is 4.69. The molecular weight excluding hydrogens is 185 g/mol. The van der Waals surface area contributed by atoms with Gasteiger partial charge >= 0.3 is 0 Å². The van der Waals surface area contributed by atoms with Gasteiger partial charge in [-0.1, -0.05) is 12.2 Å². The molecule has 3 nitrogen and oxygen atoms in total. The molecule has 0 radical (unpaired) electrons. The van der Waals surface area contributed by atoms with E-state index in [0.717, 1.165) is 5.57 Å². The molecule has 5 heteroatoms. The standard InChI is InChI=1S/C8H14BNO2S/c1-5(2)8-6(3)7(4)10(9)13(8,11)12/h7H,3,9H2,1-2,4H3. The SMILES string of the molecule is BN1C(C)C(=C)C(=C(C)C)S1(=O)=O. The van der Waals surface area contributed by atoms with Crippen LogP contribution in [0.4, 0.5) is 0 Å². The minimum Gasteiger partial charge on any atom is -0.240 e. The second-order valence-corrected chi connectivity index (χ2v) is 5.49. The first-order valence-corrected chi connectivity index (χ1v) is 5.59. The molecule has 0 N–H and O–H groups in total. The molecule has 1 aliphatic heterocycles. The Labute approximate surface area is 80.6 Å². The first-order valence-electron chi connectivity index (χ1n) is 4.15. The Hall–Kier alpha value is -0.545. The van der Waals surface area contributed by atoms with Crippen LogP contribution in [0.1, 0.15) is 20.8 Å². The van der Waals surface area contributed by atoms with E-state index in [1.165, 1.54) is 4.22 Å². The van der Waals surface area contributed by atoms with Gasteiger partial charge in [0.2, 0.25) is 18.0 Å². The fourth-order valence-electron chi connectivity index (χ4n) is 1.51. The molecular formula is C8H14BNO2S. The summed E-state index contributed by atoms with van der Waals surface area (Å²) < 4.78 is 24.9. The number of sulfonamides is 1. The Balaban J connectivity index is 3.45. The van der Waals surface area contributed by atoms with Crippen molar-refractivity contribution in [3.63, 3.8) is 0 Å². The van der Waals surface area contributed by atoms with Gasteiger partial charge in [-0.25, -0.2) is 12.6 Å². The van der Waals surface area contributed by atoms with Crippen molar-refractivity contribution in [1.29, 1.82) is 0 Å². The molecule has 0 aliphatic carbocycles. The summed E-state index contributed by atoms with van der Waals surface area (Å²) in [4.78, 5) is 0.405. The molecule has 0 aromatic carbocycles. The van der Waals surface area contributed by atoms with E-state index < -0.39 is 10.0 Å². The summed E-state index contributed by atoms with van der Waals surface area (Å²) in [5.41, 5.74) is 1.50. The quantitative estimate of drug-likeness (QED) is 0.530. The van der Waals surface area contributed by atoms with E-state index in [4.69, 9.17) is 0 Å². The molecule has 1 rings (SSSR count). The number of allylic oxidation sites excluding steroid dienone is 1. The average molecular weight is 199 g/mol. The first-order chi connectivity index (χ1) is 5.80. The van der Waals surface area contributed by atoms with Gasteiger partial charge in [-0.2, -0.15) is 0 Å². The highest BCUT2D eigenvalue weighted by molar-refractivity contribution is 7.94. The maximum absolute atomic E-state index is 11.8. The molecule has 1 fully saturated rings. The van der Waals surface area contributed by atoms with Crippen LogP contribution in [-0.2, 0) is 10.0 Å². The zero-order chi connectivity index (χ0) is 10.4. The predicted molar refractivity (Wildman–Crippen MR) is 56.3 cm³/mol. The molecule has 0 bridgehead atoms. The Morgan fingerprint density at radius 3 is 2.15 bits per heavy atom. The summed E-state index contributed by atoms with van der Waals surface area (Å²) in [6, 6.07) is -0.116. The second kappa shape index (κ2) is 2.99. The van der Waals surface area contributed by atoms with E-state index in [0.29, 0.717) is 10.5 Å². The molecule has 1 heterocycles. The molecule has 0 saturated carbocycles. The van der Waals surface area contributed by atoms with Gasteiger partial charge in [0, 0.05) is 6.04 Å². The Kier molecular flexibility index (Phi) is 2.43. The summed E-state index contributed by atoms with van der Waals surface area (Å²) >= 11 is 0. The molecule has 1 atom stereocenters. The van der Waals surface area contributed by atoms with Crippen molar-refractivity contribution < 1.29 is 8.42 Å². The van der Waals surface area contributed by atoms with Crippen LogP contribution in [0.5, 0.6) is 0 Å². The Morgan fingerprint density at radius 2 is 2.00 bits per heavy atom. The zero-order valence-electron chi connectivity index (χ0n) is 8.46. The lowest BCUT2D eigenvalue weighted by atomic mass is 10.1. The van der Waals surface area contributed by atoms with E-state index in [1.54, 1.807) is 21.8 Å². The third-order valence-electron chi connectivity index (χ3n) is 2.43. The fourth-order valence-corrected chi connectivity index (χ4v) is 3.36. The van der Waals surface area contributed by atoms with E-state index >= 15 is 0 Å². The number of nitrogens with zero attached hydrogens (tertiary/aromatic N) is 1. The third kappa shape index (κ3) is 1.36. The largest absolute Gasteiger partial charge is 0.240 e. The van der Waals surface area contributed by atoms with Crippen molar-refractivity contribution in [3.05, 3.63) is 22.6 Å². The Bertz CT molecular complexity index is 379. The van der Waals surface area contributed by atoms with Crippen molar-refractivity contribution in [2.24, 2.45) is 0 Å². The van der Waals surface area contributed by atoms with Crippen LogP contribution in [0.25, 0.3) is 0 Å². The van der Waals surface area contributed by atoms with Crippen molar-refractivity contribution in [1.82, 2.24) is 4.22 Å². The van der Waals surface area contributed by atoms with Gasteiger partial charge in [0.1, 0.15) is 0 Å². The van der Waals surface area contributed by atoms with Crippen LogP contribution in [0.15, 0.2) is 22.6 Å². The lowest BCUT2D eigenvalue weighted by Gasteiger charge is -2.12. The summed E-state index contributed by atoms with van der Waals surface area (Å²) in [6.07, 6.45) is 0. The molecule has 0 amide bonds. The number of hydrogen-bond donors (Lipinski definition) is 0. The van der Waals surface area contributed by atoms with E-state index in [9.17, 15) is 8.42 Å². The zero-order valence-corrected chi connectivity index (χ0v) is 9.27. The summed E-state index contributed by atoms with van der Waals surface area (Å²) in [6.45, 7) is 9.24. The normalized spacial score (nSPS) is 28.1. The molecule has 72 valence electrons. The van der Waals surface area contributed by atoms with E-state index in [1.807, 2.05) is 6.92 Å². The van der Waals surface area contributed by atoms with E-state index in [-0.39, 0.29) is 6.04 Å². The monoisotopic (exact) mass is 199 g/mol. The van der Waals surface area contributed by atoms with Crippen molar-refractivity contribution in [3.8, 4) is 0 Å². The highest BCUT2D eigenvalue weighted by atomic mass is 32.2. The number of hydrogen-bond acceptors (Lipinski definition) is 2. The topological polar surface area (TPSA) is 37.4 Å². The van der Waals surface area contributed by atoms with Crippen LogP contribution in [0.2, 0.25) is 0 Å². The van der Waals surface area contributed by atoms with Crippen LogP contribution >= 0.6 is 0 Å². The summed E-state index contributed by atoms with van der Waals surface area (Å²) in [5.74, 6) is 0. The van der Waals surface area contributed by atoms with Gasteiger partial charge in [0.15, 0.2) is 0 Å². The maximum atomic E-state index is 11.8. The number of rotatable bonds is 0. The van der Waals surface area contributed by atoms with Gasteiger partial charge in [0.05, 0.1) is 4.91 Å². The van der Waals surface area contributed by atoms with Gasteiger partial charge in [-0.15, -0.1) is 0 Å². The van der Waals surface area contributed by atoms with Crippen LogP contribution < -0.4 is 0 Å².